The van der Waals surface area contributed by atoms with Crippen molar-refractivity contribution in [2.45, 2.75) is 16.2 Å². The number of anilines is 1. The Morgan fingerprint density at radius 2 is 1.79 bits per heavy atom. The van der Waals surface area contributed by atoms with Crippen molar-refractivity contribution < 1.29 is 4.79 Å². The maximum Gasteiger partial charge on any atom is 0.238 e. The fourth-order valence-corrected chi connectivity index (χ4v) is 2.46. The van der Waals surface area contributed by atoms with E-state index in [1.807, 2.05) is 60.7 Å². The summed E-state index contributed by atoms with van der Waals surface area (Å²) in [5.41, 5.74) is 0.733. The lowest BCUT2D eigenvalue weighted by Gasteiger charge is -2.09. The molecule has 2 aromatic carbocycles. The Morgan fingerprint density at radius 3 is 2.53 bits per heavy atom. The van der Waals surface area contributed by atoms with Gasteiger partial charge in [-0.1, -0.05) is 42.1 Å². The van der Waals surface area contributed by atoms with Crippen LogP contribution in [0.5, 0.6) is 0 Å². The van der Waals surface area contributed by atoms with Gasteiger partial charge in [-0.05, 0) is 24.3 Å². The van der Waals surface area contributed by atoms with Gasteiger partial charge in [0, 0.05) is 9.79 Å². The van der Waals surface area contributed by atoms with E-state index in [2.05, 4.69) is 5.32 Å². The van der Waals surface area contributed by atoms with Gasteiger partial charge in [-0.3, -0.25) is 4.79 Å². The highest BCUT2D eigenvalue weighted by Gasteiger charge is 2.07. The zero-order valence-corrected chi connectivity index (χ0v) is 11.0. The molecule has 0 unspecified atom stereocenters. The molecule has 0 spiro atoms. The second kappa shape index (κ2) is 6.62. The number of rotatable bonds is 4. The third-order valence-corrected chi connectivity index (χ3v) is 3.46. The zero-order valence-electron chi connectivity index (χ0n) is 10.2. The van der Waals surface area contributed by atoms with Crippen molar-refractivity contribution >= 4 is 23.4 Å². The van der Waals surface area contributed by atoms with E-state index < -0.39 is 0 Å². The molecule has 3 nitrogen and oxygen atoms in total. The maximum absolute atomic E-state index is 11.5. The second-order valence-electron chi connectivity index (χ2n) is 3.79. The Balaban J connectivity index is 2.17. The van der Waals surface area contributed by atoms with Gasteiger partial charge in [0.2, 0.25) is 5.91 Å². The normalized spacial score (nSPS) is 9.63. The molecule has 2 aromatic rings. The molecule has 1 amide bonds. The van der Waals surface area contributed by atoms with Crippen molar-refractivity contribution in [3.05, 3.63) is 54.6 Å². The molecule has 1 N–H and O–H groups in total. The first-order valence-electron chi connectivity index (χ1n) is 5.78. The third kappa shape index (κ3) is 3.87. The number of carbonyl (C=O) groups excluding carboxylic acids is 1. The van der Waals surface area contributed by atoms with Crippen molar-refractivity contribution in [2.75, 3.05) is 5.32 Å². The van der Waals surface area contributed by atoms with Crippen LogP contribution < -0.4 is 5.32 Å². The van der Waals surface area contributed by atoms with E-state index in [9.17, 15) is 4.79 Å². The molecule has 0 aromatic heterocycles. The van der Waals surface area contributed by atoms with E-state index in [1.54, 1.807) is 11.8 Å². The van der Waals surface area contributed by atoms with E-state index in [-0.39, 0.29) is 12.3 Å². The van der Waals surface area contributed by atoms with Crippen LogP contribution in [-0.4, -0.2) is 5.91 Å². The highest BCUT2D eigenvalue weighted by atomic mass is 32.2. The summed E-state index contributed by atoms with van der Waals surface area (Å²) in [7, 11) is 0. The van der Waals surface area contributed by atoms with Gasteiger partial charge in [-0.25, -0.2) is 0 Å². The van der Waals surface area contributed by atoms with Gasteiger partial charge in [0.25, 0.3) is 0 Å². The quantitative estimate of drug-likeness (QED) is 0.920. The lowest BCUT2D eigenvalue weighted by atomic mass is 10.3. The Morgan fingerprint density at radius 1 is 1.11 bits per heavy atom. The Hall–Kier alpha value is -2.25. The van der Waals surface area contributed by atoms with E-state index in [0.29, 0.717) is 0 Å². The summed E-state index contributed by atoms with van der Waals surface area (Å²) in [6, 6.07) is 19.3. The molecule has 4 heteroatoms. The van der Waals surface area contributed by atoms with Crippen LogP contribution in [0.25, 0.3) is 0 Å². The molecule has 0 aliphatic carbocycles. The summed E-state index contributed by atoms with van der Waals surface area (Å²) < 4.78 is 0. The molecule has 2 rings (SSSR count). The molecule has 0 atom stereocenters. The van der Waals surface area contributed by atoms with Gasteiger partial charge in [-0.2, -0.15) is 5.26 Å². The average Bonchev–Trinajstić information content (AvgIpc) is 2.42. The van der Waals surface area contributed by atoms with Crippen molar-refractivity contribution in [2.24, 2.45) is 0 Å². The first-order chi connectivity index (χ1) is 9.29. The van der Waals surface area contributed by atoms with Crippen LogP contribution in [0.2, 0.25) is 0 Å². The molecule has 94 valence electrons. The monoisotopic (exact) mass is 268 g/mol. The summed E-state index contributed by atoms with van der Waals surface area (Å²) in [6.45, 7) is 0. The van der Waals surface area contributed by atoms with Gasteiger partial charge >= 0.3 is 0 Å². The van der Waals surface area contributed by atoms with Crippen LogP contribution in [-0.2, 0) is 4.79 Å². The maximum atomic E-state index is 11.5. The second-order valence-corrected chi connectivity index (χ2v) is 4.91. The number of carbonyl (C=O) groups is 1. The molecule has 0 aliphatic heterocycles. The fourth-order valence-electron chi connectivity index (χ4n) is 1.54. The average molecular weight is 268 g/mol. The van der Waals surface area contributed by atoms with Gasteiger partial charge in [-0.15, -0.1) is 0 Å². The minimum absolute atomic E-state index is 0.135. The first-order valence-corrected chi connectivity index (χ1v) is 6.60. The van der Waals surface area contributed by atoms with Crippen LogP contribution in [0, 0.1) is 11.3 Å². The molecule has 19 heavy (non-hydrogen) atoms. The number of nitrogens with one attached hydrogen (secondary N) is 1. The molecule has 0 radical (unpaired) electrons. The Bertz CT molecular complexity index is 605. The number of nitrogens with zero attached hydrogens (tertiary/aromatic N) is 1. The highest BCUT2D eigenvalue weighted by Crippen LogP contribution is 2.33. The number of amides is 1. The SMILES string of the molecule is N#CCC(=O)Nc1ccccc1Sc1ccccc1. The molecule has 0 heterocycles. The number of hydrogen-bond donors (Lipinski definition) is 1. The lowest BCUT2D eigenvalue weighted by Crippen LogP contribution is -2.10. The topological polar surface area (TPSA) is 52.9 Å². The highest BCUT2D eigenvalue weighted by molar-refractivity contribution is 7.99. The summed E-state index contributed by atoms with van der Waals surface area (Å²) in [5, 5.41) is 11.3. The molecule has 0 fully saturated rings. The Labute approximate surface area is 116 Å². The third-order valence-electron chi connectivity index (χ3n) is 2.37. The lowest BCUT2D eigenvalue weighted by molar-refractivity contribution is -0.115. The van der Waals surface area contributed by atoms with E-state index in [4.69, 9.17) is 5.26 Å². The minimum Gasteiger partial charge on any atom is -0.324 e. The fraction of sp³-hybridized carbons (Fsp3) is 0.0667. The standard InChI is InChI=1S/C15H12N2OS/c16-11-10-15(18)17-13-8-4-5-9-14(13)19-12-6-2-1-3-7-12/h1-9H,10H2,(H,17,18). The van der Waals surface area contributed by atoms with Crippen LogP contribution in [0.15, 0.2) is 64.4 Å². The largest absolute Gasteiger partial charge is 0.324 e. The van der Waals surface area contributed by atoms with Gasteiger partial charge in [0.1, 0.15) is 6.42 Å². The molecule has 0 saturated carbocycles. The smallest absolute Gasteiger partial charge is 0.238 e. The molecular formula is C15H12N2OS. The molecule has 0 saturated heterocycles. The van der Waals surface area contributed by atoms with Crippen molar-refractivity contribution in [3.63, 3.8) is 0 Å². The van der Waals surface area contributed by atoms with E-state index in [0.717, 1.165) is 15.5 Å². The van der Waals surface area contributed by atoms with Crippen molar-refractivity contribution in [3.8, 4) is 6.07 Å². The zero-order chi connectivity index (χ0) is 13.5. The number of nitriles is 1. The Kier molecular flexibility index (Phi) is 4.60. The van der Waals surface area contributed by atoms with E-state index in [1.165, 1.54) is 0 Å². The first kappa shape index (κ1) is 13.2. The number of benzene rings is 2. The molecular weight excluding hydrogens is 256 g/mol. The van der Waals surface area contributed by atoms with Crippen molar-refractivity contribution in [1.29, 1.82) is 5.26 Å². The van der Waals surface area contributed by atoms with Gasteiger partial charge in [0.05, 0.1) is 11.8 Å². The predicted octanol–water partition coefficient (Wildman–Crippen LogP) is 3.69. The van der Waals surface area contributed by atoms with Gasteiger partial charge in [0.15, 0.2) is 0 Å². The summed E-state index contributed by atoms with van der Waals surface area (Å²) in [5.74, 6) is -0.288. The summed E-state index contributed by atoms with van der Waals surface area (Å²) in [4.78, 5) is 13.5. The van der Waals surface area contributed by atoms with Crippen LogP contribution in [0.4, 0.5) is 5.69 Å². The van der Waals surface area contributed by atoms with Crippen molar-refractivity contribution in [1.82, 2.24) is 0 Å². The molecule has 0 bridgehead atoms. The summed E-state index contributed by atoms with van der Waals surface area (Å²) in [6.07, 6.45) is -0.135. The summed E-state index contributed by atoms with van der Waals surface area (Å²) >= 11 is 1.58. The van der Waals surface area contributed by atoms with Crippen LogP contribution in [0.1, 0.15) is 6.42 Å². The van der Waals surface area contributed by atoms with Crippen LogP contribution >= 0.6 is 11.8 Å². The predicted molar refractivity (Wildman–Crippen MR) is 75.9 cm³/mol. The number of hydrogen-bond acceptors (Lipinski definition) is 3. The van der Waals surface area contributed by atoms with Gasteiger partial charge < -0.3 is 5.32 Å². The molecule has 0 aliphatic rings. The number of para-hydroxylation sites is 1. The van der Waals surface area contributed by atoms with E-state index >= 15 is 0 Å². The minimum atomic E-state index is -0.288. The van der Waals surface area contributed by atoms with Crippen LogP contribution in [0.3, 0.4) is 0 Å².